The molecule has 0 radical (unpaired) electrons. The van der Waals surface area contributed by atoms with Gasteiger partial charge in [-0.3, -0.25) is 0 Å². The normalized spacial score (nSPS) is 11.4. The average molecular weight is 306 g/mol. The molecule has 4 nitrogen and oxygen atoms in total. The number of rotatable bonds is 4. The summed E-state index contributed by atoms with van der Waals surface area (Å²) >= 11 is 0. The van der Waals surface area contributed by atoms with Crippen LogP contribution in [0, 0.1) is 13.8 Å². The van der Waals surface area contributed by atoms with Crippen molar-refractivity contribution in [3.05, 3.63) is 47.5 Å². The third kappa shape index (κ3) is 3.03. The van der Waals surface area contributed by atoms with Crippen molar-refractivity contribution in [1.29, 1.82) is 0 Å². The zero-order valence-corrected chi connectivity index (χ0v) is 13.1. The highest BCUT2D eigenvalue weighted by Crippen LogP contribution is 2.30. The number of hydrogen-bond acceptors (Lipinski definition) is 4. The molecule has 21 heavy (non-hydrogen) atoms. The zero-order chi connectivity index (χ0) is 15.6. The Labute approximate surface area is 124 Å². The number of phenolic OH excluding ortho intramolecular Hbond substituents is 1. The third-order valence-corrected chi connectivity index (χ3v) is 5.27. The molecular weight excluding hydrogens is 288 g/mol. The van der Waals surface area contributed by atoms with Crippen molar-refractivity contribution < 1.29 is 18.3 Å². The van der Waals surface area contributed by atoms with Gasteiger partial charge >= 0.3 is 0 Å². The summed E-state index contributed by atoms with van der Waals surface area (Å²) in [6, 6.07) is 9.17. The molecule has 0 amide bonds. The van der Waals surface area contributed by atoms with Gasteiger partial charge in [-0.2, -0.15) is 0 Å². The molecule has 0 aliphatic rings. The molecular formula is C16H18O4S. The SMILES string of the molecule is CCOc1ccc(S(=O)(=O)c2ccc(O)cc2C)c(C)c1. The molecule has 2 rings (SSSR count). The fourth-order valence-corrected chi connectivity index (χ4v) is 3.93. The molecule has 5 heteroatoms. The van der Waals surface area contributed by atoms with Gasteiger partial charge in [0.05, 0.1) is 16.4 Å². The fraction of sp³-hybridized carbons (Fsp3) is 0.250. The molecule has 0 spiro atoms. The van der Waals surface area contributed by atoms with Crippen LogP contribution >= 0.6 is 0 Å². The molecule has 0 saturated heterocycles. The second-order valence-corrected chi connectivity index (χ2v) is 6.70. The minimum atomic E-state index is -3.62. The lowest BCUT2D eigenvalue weighted by molar-refractivity contribution is 0.339. The number of aryl methyl sites for hydroxylation is 2. The van der Waals surface area contributed by atoms with E-state index in [9.17, 15) is 13.5 Å². The maximum Gasteiger partial charge on any atom is 0.207 e. The van der Waals surface area contributed by atoms with Crippen LogP contribution in [0.25, 0.3) is 0 Å². The topological polar surface area (TPSA) is 63.6 Å². The Morgan fingerprint density at radius 2 is 1.57 bits per heavy atom. The monoisotopic (exact) mass is 306 g/mol. The first-order valence-electron chi connectivity index (χ1n) is 6.64. The van der Waals surface area contributed by atoms with E-state index in [4.69, 9.17) is 4.74 Å². The quantitative estimate of drug-likeness (QED) is 0.942. The van der Waals surface area contributed by atoms with Crippen molar-refractivity contribution in [3.63, 3.8) is 0 Å². The molecule has 2 aromatic rings. The van der Waals surface area contributed by atoms with E-state index in [1.165, 1.54) is 18.2 Å². The Morgan fingerprint density at radius 1 is 1.00 bits per heavy atom. The molecule has 2 aromatic carbocycles. The molecule has 0 heterocycles. The first-order valence-corrected chi connectivity index (χ1v) is 8.12. The number of hydrogen-bond donors (Lipinski definition) is 1. The number of ether oxygens (including phenoxy) is 1. The van der Waals surface area contributed by atoms with Gasteiger partial charge in [0.2, 0.25) is 9.84 Å². The van der Waals surface area contributed by atoms with Crippen LogP contribution in [0.3, 0.4) is 0 Å². The predicted octanol–water partition coefficient (Wildman–Crippen LogP) is 3.24. The number of phenols is 1. The first kappa shape index (κ1) is 15.4. The van der Waals surface area contributed by atoms with Crippen molar-refractivity contribution in [1.82, 2.24) is 0 Å². The van der Waals surface area contributed by atoms with E-state index in [1.807, 2.05) is 6.92 Å². The fourth-order valence-electron chi connectivity index (χ4n) is 2.23. The maximum absolute atomic E-state index is 12.7. The maximum atomic E-state index is 12.7. The van der Waals surface area contributed by atoms with E-state index in [2.05, 4.69) is 0 Å². The van der Waals surface area contributed by atoms with Crippen LogP contribution in [0.1, 0.15) is 18.1 Å². The Bertz CT molecular complexity index is 764. The van der Waals surface area contributed by atoms with Crippen molar-refractivity contribution in [3.8, 4) is 11.5 Å². The number of benzene rings is 2. The predicted molar refractivity (Wildman–Crippen MR) is 80.6 cm³/mol. The molecule has 0 unspecified atom stereocenters. The lowest BCUT2D eigenvalue weighted by Crippen LogP contribution is -2.06. The molecule has 0 bridgehead atoms. The summed E-state index contributed by atoms with van der Waals surface area (Å²) in [5, 5.41) is 9.41. The molecule has 1 N–H and O–H groups in total. The van der Waals surface area contributed by atoms with Gasteiger partial charge in [0.15, 0.2) is 0 Å². The van der Waals surface area contributed by atoms with Crippen LogP contribution in [0.15, 0.2) is 46.2 Å². The van der Waals surface area contributed by atoms with Crippen LogP contribution in [-0.2, 0) is 9.84 Å². The Kier molecular flexibility index (Phi) is 4.23. The average Bonchev–Trinajstić information content (AvgIpc) is 2.38. The smallest absolute Gasteiger partial charge is 0.207 e. The van der Waals surface area contributed by atoms with E-state index in [0.717, 1.165) is 0 Å². The summed E-state index contributed by atoms with van der Waals surface area (Å²) < 4.78 is 30.8. The van der Waals surface area contributed by atoms with E-state index >= 15 is 0 Å². The minimum Gasteiger partial charge on any atom is -0.508 e. The van der Waals surface area contributed by atoms with Gasteiger partial charge in [-0.15, -0.1) is 0 Å². The second kappa shape index (κ2) is 5.77. The third-order valence-electron chi connectivity index (χ3n) is 3.19. The van der Waals surface area contributed by atoms with Crippen molar-refractivity contribution in [2.24, 2.45) is 0 Å². The zero-order valence-electron chi connectivity index (χ0n) is 12.3. The first-order chi connectivity index (χ1) is 9.86. The van der Waals surface area contributed by atoms with E-state index in [1.54, 1.807) is 32.0 Å². The van der Waals surface area contributed by atoms with Crippen LogP contribution in [-0.4, -0.2) is 20.1 Å². The van der Waals surface area contributed by atoms with Crippen LogP contribution in [0.4, 0.5) is 0 Å². The summed E-state index contributed by atoms with van der Waals surface area (Å²) in [5.74, 6) is 0.700. The van der Waals surface area contributed by atoms with Gasteiger partial charge in [-0.05, 0) is 68.3 Å². The molecule has 112 valence electrons. The van der Waals surface area contributed by atoms with Gasteiger partial charge < -0.3 is 9.84 Å². The van der Waals surface area contributed by atoms with E-state index in [0.29, 0.717) is 23.5 Å². The van der Waals surface area contributed by atoms with E-state index < -0.39 is 9.84 Å². The Balaban J connectivity index is 2.54. The number of sulfone groups is 1. The molecule has 0 fully saturated rings. The lowest BCUT2D eigenvalue weighted by atomic mass is 10.2. The lowest BCUT2D eigenvalue weighted by Gasteiger charge is -2.12. The van der Waals surface area contributed by atoms with Crippen LogP contribution in [0.2, 0.25) is 0 Å². The molecule has 0 atom stereocenters. The highest BCUT2D eigenvalue weighted by molar-refractivity contribution is 7.91. The highest BCUT2D eigenvalue weighted by Gasteiger charge is 2.22. The van der Waals surface area contributed by atoms with Crippen molar-refractivity contribution in [2.75, 3.05) is 6.61 Å². The van der Waals surface area contributed by atoms with Gasteiger partial charge in [-0.25, -0.2) is 8.42 Å². The van der Waals surface area contributed by atoms with Crippen LogP contribution in [0.5, 0.6) is 11.5 Å². The Morgan fingerprint density at radius 3 is 2.10 bits per heavy atom. The largest absolute Gasteiger partial charge is 0.508 e. The summed E-state index contributed by atoms with van der Waals surface area (Å²) in [7, 11) is -3.62. The van der Waals surface area contributed by atoms with Crippen molar-refractivity contribution >= 4 is 9.84 Å². The molecule has 0 saturated carbocycles. The van der Waals surface area contributed by atoms with Gasteiger partial charge in [-0.1, -0.05) is 0 Å². The highest BCUT2D eigenvalue weighted by atomic mass is 32.2. The standard InChI is InChI=1S/C16H18O4S/c1-4-20-14-6-8-16(12(3)10-14)21(18,19)15-7-5-13(17)9-11(15)2/h5-10,17H,4H2,1-3H3. The minimum absolute atomic E-state index is 0.0508. The van der Waals surface area contributed by atoms with Gasteiger partial charge in [0.25, 0.3) is 0 Å². The summed E-state index contributed by atoms with van der Waals surface area (Å²) in [5.41, 5.74) is 1.15. The van der Waals surface area contributed by atoms with Gasteiger partial charge in [0, 0.05) is 0 Å². The van der Waals surface area contributed by atoms with Crippen molar-refractivity contribution in [2.45, 2.75) is 30.6 Å². The Hall–Kier alpha value is -2.01. The summed E-state index contributed by atoms with van der Waals surface area (Å²) in [6.45, 7) is 5.81. The van der Waals surface area contributed by atoms with E-state index in [-0.39, 0.29) is 15.5 Å². The molecule has 0 aromatic heterocycles. The molecule has 0 aliphatic heterocycles. The second-order valence-electron chi connectivity index (χ2n) is 4.81. The summed E-state index contributed by atoms with van der Waals surface area (Å²) in [4.78, 5) is 0.451. The summed E-state index contributed by atoms with van der Waals surface area (Å²) in [6.07, 6.45) is 0. The molecule has 0 aliphatic carbocycles. The number of aromatic hydroxyl groups is 1. The van der Waals surface area contributed by atoms with Gasteiger partial charge in [0.1, 0.15) is 11.5 Å². The van der Waals surface area contributed by atoms with Crippen LogP contribution < -0.4 is 4.74 Å².